The quantitative estimate of drug-likeness (QED) is 0.459. The van der Waals surface area contributed by atoms with Crippen LogP contribution in [0.15, 0.2) is 18.2 Å². The SMILES string of the molecule is CC(=O)O.Clc1ccc2[nH]n[c-]c2c1.[Na+]. The van der Waals surface area contributed by atoms with Crippen molar-refractivity contribution in [3.63, 3.8) is 0 Å². The van der Waals surface area contributed by atoms with Crippen molar-refractivity contribution in [1.82, 2.24) is 10.2 Å². The van der Waals surface area contributed by atoms with Crippen molar-refractivity contribution in [3.05, 3.63) is 29.4 Å². The number of carboxylic acid groups (broad SMARTS) is 1. The maximum Gasteiger partial charge on any atom is 1.00 e. The molecule has 0 atom stereocenters. The summed E-state index contributed by atoms with van der Waals surface area (Å²) in [4.78, 5) is 9.00. The second-order valence-electron chi connectivity index (χ2n) is 2.54. The Balaban J connectivity index is 0.000000346. The summed E-state index contributed by atoms with van der Waals surface area (Å²) in [6, 6.07) is 5.51. The normalized spacial score (nSPS) is 8.67. The Labute approximate surface area is 114 Å². The molecule has 15 heavy (non-hydrogen) atoms. The fourth-order valence-corrected chi connectivity index (χ4v) is 1.03. The van der Waals surface area contributed by atoms with Gasteiger partial charge in [0.15, 0.2) is 0 Å². The first-order chi connectivity index (χ1) is 6.59. The van der Waals surface area contributed by atoms with E-state index in [1.54, 1.807) is 0 Å². The largest absolute Gasteiger partial charge is 1.00 e. The van der Waals surface area contributed by atoms with Crippen LogP contribution in [0, 0.1) is 6.20 Å². The molecule has 0 saturated heterocycles. The van der Waals surface area contributed by atoms with Gasteiger partial charge >= 0.3 is 29.6 Å². The van der Waals surface area contributed by atoms with Crippen LogP contribution < -0.4 is 29.6 Å². The topological polar surface area (TPSA) is 66.0 Å². The standard InChI is InChI=1S/C7H4ClN2.C2H4O2.Na/c8-6-1-2-7-5(3-6)4-9-10-7;1-2(3)4;/h1-3H,(H,9,10);1H3,(H,3,4);/q-1;;+1. The first kappa shape index (κ1) is 14.5. The molecule has 2 rings (SSSR count). The van der Waals surface area contributed by atoms with Gasteiger partial charge in [0.2, 0.25) is 0 Å². The Morgan fingerprint density at radius 2 is 2.20 bits per heavy atom. The zero-order chi connectivity index (χ0) is 10.6. The van der Waals surface area contributed by atoms with Gasteiger partial charge in [-0.25, -0.2) is 0 Å². The Morgan fingerprint density at radius 1 is 1.60 bits per heavy atom. The number of aromatic amines is 1. The van der Waals surface area contributed by atoms with E-state index in [2.05, 4.69) is 16.4 Å². The van der Waals surface area contributed by atoms with Crippen molar-refractivity contribution < 1.29 is 39.5 Å². The summed E-state index contributed by atoms with van der Waals surface area (Å²) < 4.78 is 0. The predicted octanol–water partition coefficient (Wildman–Crippen LogP) is -0.889. The van der Waals surface area contributed by atoms with Crippen molar-refractivity contribution in [2.24, 2.45) is 0 Å². The number of nitrogens with zero attached hydrogens (tertiary/aromatic N) is 1. The first-order valence-corrected chi connectivity index (χ1v) is 4.18. The Hall–Kier alpha value is -0.550. The number of carbonyl (C=O) groups is 1. The van der Waals surface area contributed by atoms with Crippen LogP contribution in [-0.4, -0.2) is 21.3 Å². The van der Waals surface area contributed by atoms with Crippen molar-refractivity contribution in [1.29, 1.82) is 0 Å². The number of nitrogens with one attached hydrogen (secondary N) is 1. The van der Waals surface area contributed by atoms with Gasteiger partial charge in [-0.2, -0.15) is 0 Å². The third-order valence-corrected chi connectivity index (χ3v) is 1.57. The average molecular weight is 235 g/mol. The van der Waals surface area contributed by atoms with Crippen LogP contribution in [0.4, 0.5) is 0 Å². The van der Waals surface area contributed by atoms with E-state index in [-0.39, 0.29) is 29.6 Å². The maximum atomic E-state index is 9.00. The fraction of sp³-hybridized carbons (Fsp3) is 0.111. The summed E-state index contributed by atoms with van der Waals surface area (Å²) in [6.07, 6.45) is 2.77. The molecule has 0 saturated carbocycles. The van der Waals surface area contributed by atoms with Crippen LogP contribution in [0.1, 0.15) is 6.92 Å². The van der Waals surface area contributed by atoms with E-state index < -0.39 is 5.97 Å². The number of hydrogen-bond acceptors (Lipinski definition) is 2. The monoisotopic (exact) mass is 234 g/mol. The fourth-order valence-electron chi connectivity index (χ4n) is 0.855. The number of H-pyrrole nitrogens is 1. The van der Waals surface area contributed by atoms with E-state index in [4.69, 9.17) is 21.5 Å². The number of rotatable bonds is 0. The van der Waals surface area contributed by atoms with Gasteiger partial charge in [-0.3, -0.25) is 9.89 Å². The molecule has 0 amide bonds. The molecule has 0 aliphatic heterocycles. The number of benzene rings is 1. The van der Waals surface area contributed by atoms with Crippen molar-refractivity contribution in [2.75, 3.05) is 0 Å². The molecule has 0 bridgehead atoms. The molecule has 0 radical (unpaired) electrons. The number of fused-ring (bicyclic) bond motifs is 1. The molecular formula is C9H8ClN2NaO2. The molecule has 6 heteroatoms. The van der Waals surface area contributed by atoms with Crippen LogP contribution in [-0.2, 0) is 4.79 Å². The van der Waals surface area contributed by atoms with Crippen LogP contribution in [0.3, 0.4) is 0 Å². The van der Waals surface area contributed by atoms with Gasteiger partial charge in [0.05, 0.1) is 0 Å². The van der Waals surface area contributed by atoms with E-state index in [9.17, 15) is 0 Å². The molecule has 0 unspecified atom stereocenters. The summed E-state index contributed by atoms with van der Waals surface area (Å²) in [5.74, 6) is -0.833. The number of carboxylic acids is 1. The first-order valence-electron chi connectivity index (χ1n) is 3.80. The molecule has 0 aliphatic carbocycles. The minimum atomic E-state index is -0.833. The average Bonchev–Trinajstić information content (AvgIpc) is 2.49. The molecule has 1 heterocycles. The summed E-state index contributed by atoms with van der Waals surface area (Å²) in [5.41, 5.74) is 0.962. The minimum Gasteiger partial charge on any atom is -0.481 e. The molecule has 0 spiro atoms. The van der Waals surface area contributed by atoms with E-state index >= 15 is 0 Å². The van der Waals surface area contributed by atoms with Crippen molar-refractivity contribution >= 4 is 28.5 Å². The van der Waals surface area contributed by atoms with Crippen molar-refractivity contribution in [3.8, 4) is 0 Å². The predicted molar refractivity (Wildman–Crippen MR) is 53.2 cm³/mol. The maximum absolute atomic E-state index is 9.00. The molecule has 2 N–H and O–H groups in total. The van der Waals surface area contributed by atoms with Crippen LogP contribution in [0.5, 0.6) is 0 Å². The second kappa shape index (κ2) is 6.85. The second-order valence-corrected chi connectivity index (χ2v) is 2.98. The van der Waals surface area contributed by atoms with Crippen LogP contribution in [0.25, 0.3) is 10.9 Å². The summed E-state index contributed by atoms with van der Waals surface area (Å²) in [5, 5.41) is 15.6. The smallest absolute Gasteiger partial charge is 0.481 e. The minimum absolute atomic E-state index is 0. The number of hydrogen-bond donors (Lipinski definition) is 2. The molecule has 74 valence electrons. The van der Waals surface area contributed by atoms with Gasteiger partial charge < -0.3 is 10.2 Å². The molecule has 1 aromatic heterocycles. The zero-order valence-electron chi connectivity index (χ0n) is 8.41. The summed E-state index contributed by atoms with van der Waals surface area (Å²) in [6.45, 7) is 1.08. The van der Waals surface area contributed by atoms with Crippen LogP contribution in [0.2, 0.25) is 5.02 Å². The Bertz CT molecular complexity index is 440. The molecule has 1 aromatic carbocycles. The van der Waals surface area contributed by atoms with Gasteiger partial charge in [0.25, 0.3) is 5.97 Å². The molecule has 2 aromatic rings. The van der Waals surface area contributed by atoms with Gasteiger partial charge in [0, 0.05) is 6.92 Å². The van der Waals surface area contributed by atoms with E-state index in [0.29, 0.717) is 5.02 Å². The summed E-state index contributed by atoms with van der Waals surface area (Å²) >= 11 is 5.71. The van der Waals surface area contributed by atoms with E-state index in [1.165, 1.54) is 0 Å². The van der Waals surface area contributed by atoms with Gasteiger partial charge in [-0.1, -0.05) is 23.7 Å². The number of halogens is 1. The van der Waals surface area contributed by atoms with E-state index in [1.807, 2.05) is 18.2 Å². The third kappa shape index (κ3) is 5.18. The molecule has 4 nitrogen and oxygen atoms in total. The summed E-state index contributed by atoms with van der Waals surface area (Å²) in [7, 11) is 0. The molecular weight excluding hydrogens is 227 g/mol. The third-order valence-electron chi connectivity index (χ3n) is 1.33. The number of aliphatic carboxylic acids is 1. The van der Waals surface area contributed by atoms with Gasteiger partial charge in [-0.15, -0.1) is 11.5 Å². The molecule has 0 aliphatic rings. The van der Waals surface area contributed by atoms with Crippen molar-refractivity contribution in [2.45, 2.75) is 6.92 Å². The van der Waals surface area contributed by atoms with Gasteiger partial charge in [0.1, 0.15) is 0 Å². The van der Waals surface area contributed by atoms with Crippen LogP contribution >= 0.6 is 11.6 Å². The van der Waals surface area contributed by atoms with Gasteiger partial charge in [-0.05, 0) is 16.7 Å². The Kier molecular flexibility index (Phi) is 6.60. The Morgan fingerprint density at radius 3 is 2.80 bits per heavy atom. The number of aromatic nitrogens is 2. The van der Waals surface area contributed by atoms with E-state index in [0.717, 1.165) is 17.8 Å². The zero-order valence-corrected chi connectivity index (χ0v) is 11.2. The molecule has 0 fully saturated rings.